The van der Waals surface area contributed by atoms with Crippen molar-refractivity contribution < 1.29 is 0 Å². The molecule has 0 amide bonds. The Morgan fingerprint density at radius 3 is 2.89 bits per heavy atom. The molecule has 0 spiro atoms. The third-order valence-electron chi connectivity index (χ3n) is 2.89. The molecule has 1 unspecified atom stereocenters. The van der Waals surface area contributed by atoms with Crippen LogP contribution in [0.2, 0.25) is 5.02 Å². The van der Waals surface area contributed by atoms with E-state index in [1.54, 1.807) is 11.3 Å². The molecule has 0 aliphatic carbocycles. The van der Waals surface area contributed by atoms with E-state index in [1.807, 2.05) is 18.3 Å². The van der Waals surface area contributed by atoms with Crippen LogP contribution in [0, 0.1) is 0 Å². The van der Waals surface area contributed by atoms with Crippen molar-refractivity contribution in [3.8, 4) is 0 Å². The van der Waals surface area contributed by atoms with Gasteiger partial charge in [0.2, 0.25) is 0 Å². The fraction of sp³-hybridized carbons (Fsp3) is 0.357. The first-order valence-electron chi connectivity index (χ1n) is 6.22. The molecular weight excluding hydrogens is 344 g/mol. The van der Waals surface area contributed by atoms with Gasteiger partial charge in [-0.1, -0.05) is 24.6 Å². The predicted molar refractivity (Wildman–Crippen MR) is 85.9 cm³/mol. The van der Waals surface area contributed by atoms with Gasteiger partial charge in [-0.25, -0.2) is 4.98 Å². The van der Waals surface area contributed by atoms with Gasteiger partial charge >= 0.3 is 0 Å². The van der Waals surface area contributed by atoms with Crippen LogP contribution in [0.15, 0.2) is 28.9 Å². The van der Waals surface area contributed by atoms with Crippen LogP contribution < -0.4 is 5.32 Å². The first-order chi connectivity index (χ1) is 9.10. The smallest absolute Gasteiger partial charge is 0.109 e. The van der Waals surface area contributed by atoms with Crippen LogP contribution >= 0.6 is 38.9 Å². The van der Waals surface area contributed by atoms with Crippen molar-refractivity contribution in [3.63, 3.8) is 0 Å². The average molecular weight is 360 g/mol. The number of hydrogen-bond donors (Lipinski definition) is 1. The standard InChI is InChI=1S/C14H16BrClN2S/c1-3-11-8-18-14(19-11)9(2)17-7-10-4-5-12(15)13(16)6-10/h4-6,8-9,17H,3,7H2,1-2H3. The zero-order valence-corrected chi connectivity index (χ0v) is 14.1. The van der Waals surface area contributed by atoms with Crippen molar-refractivity contribution in [2.24, 2.45) is 0 Å². The van der Waals surface area contributed by atoms with Gasteiger partial charge in [-0.2, -0.15) is 0 Å². The highest BCUT2D eigenvalue weighted by Crippen LogP contribution is 2.24. The number of halogens is 2. The Balaban J connectivity index is 1.95. The van der Waals surface area contributed by atoms with Crippen LogP contribution in [0.4, 0.5) is 0 Å². The Kier molecular flexibility index (Phi) is 5.39. The van der Waals surface area contributed by atoms with Crippen LogP contribution in [0.25, 0.3) is 0 Å². The lowest BCUT2D eigenvalue weighted by molar-refractivity contribution is 0.572. The SMILES string of the molecule is CCc1cnc(C(C)NCc2ccc(Br)c(Cl)c2)s1. The van der Waals surface area contributed by atoms with Gasteiger partial charge in [-0.15, -0.1) is 11.3 Å². The molecule has 1 atom stereocenters. The van der Waals surface area contributed by atoms with Gasteiger partial charge in [0, 0.05) is 22.1 Å². The summed E-state index contributed by atoms with van der Waals surface area (Å²) >= 11 is 11.3. The molecule has 0 bridgehead atoms. The number of nitrogens with zero attached hydrogens (tertiary/aromatic N) is 1. The molecule has 2 rings (SSSR count). The minimum Gasteiger partial charge on any atom is -0.304 e. The van der Waals surface area contributed by atoms with E-state index in [9.17, 15) is 0 Å². The van der Waals surface area contributed by atoms with Crippen LogP contribution in [0.1, 0.15) is 35.3 Å². The van der Waals surface area contributed by atoms with Crippen molar-refractivity contribution in [2.75, 3.05) is 0 Å². The summed E-state index contributed by atoms with van der Waals surface area (Å²) in [5.74, 6) is 0. The van der Waals surface area contributed by atoms with Crippen molar-refractivity contribution in [2.45, 2.75) is 32.9 Å². The lowest BCUT2D eigenvalue weighted by atomic mass is 10.2. The number of rotatable bonds is 5. The van der Waals surface area contributed by atoms with E-state index in [1.165, 1.54) is 10.4 Å². The summed E-state index contributed by atoms with van der Waals surface area (Å²) in [4.78, 5) is 5.78. The Morgan fingerprint density at radius 2 is 2.26 bits per heavy atom. The predicted octanol–water partition coefficient (Wildman–Crippen LogP) is 4.97. The second-order valence-electron chi connectivity index (χ2n) is 4.37. The zero-order valence-electron chi connectivity index (χ0n) is 10.9. The summed E-state index contributed by atoms with van der Waals surface area (Å²) in [5, 5.41) is 5.36. The maximum Gasteiger partial charge on any atom is 0.109 e. The third kappa shape index (κ3) is 4.02. The van der Waals surface area contributed by atoms with E-state index in [0.717, 1.165) is 27.5 Å². The van der Waals surface area contributed by atoms with E-state index >= 15 is 0 Å². The van der Waals surface area contributed by atoms with E-state index in [0.29, 0.717) is 0 Å². The first-order valence-corrected chi connectivity index (χ1v) is 8.20. The van der Waals surface area contributed by atoms with E-state index < -0.39 is 0 Å². The van der Waals surface area contributed by atoms with E-state index in [2.05, 4.69) is 46.1 Å². The Labute approximate surface area is 131 Å². The minimum atomic E-state index is 0.257. The second-order valence-corrected chi connectivity index (χ2v) is 6.78. The summed E-state index contributed by atoms with van der Waals surface area (Å²) in [7, 11) is 0. The van der Waals surface area contributed by atoms with Gasteiger partial charge in [0.15, 0.2) is 0 Å². The highest BCUT2D eigenvalue weighted by molar-refractivity contribution is 9.10. The largest absolute Gasteiger partial charge is 0.304 e. The maximum absolute atomic E-state index is 6.08. The maximum atomic E-state index is 6.08. The summed E-state index contributed by atoms with van der Waals surface area (Å²) in [6, 6.07) is 6.27. The van der Waals surface area contributed by atoms with Crippen molar-refractivity contribution in [3.05, 3.63) is 49.3 Å². The summed E-state index contributed by atoms with van der Waals surface area (Å²) < 4.78 is 0.929. The molecule has 0 aliphatic rings. The van der Waals surface area contributed by atoms with Crippen molar-refractivity contribution >= 4 is 38.9 Å². The number of aryl methyl sites for hydroxylation is 1. The van der Waals surface area contributed by atoms with Gasteiger partial charge in [0.1, 0.15) is 5.01 Å². The lowest BCUT2D eigenvalue weighted by Crippen LogP contribution is -2.17. The van der Waals surface area contributed by atoms with Gasteiger partial charge in [0.05, 0.1) is 11.1 Å². The van der Waals surface area contributed by atoms with Crippen LogP contribution in [-0.4, -0.2) is 4.98 Å². The summed E-state index contributed by atoms with van der Waals surface area (Å²) in [5.41, 5.74) is 1.17. The molecule has 0 aliphatic heterocycles. The average Bonchev–Trinajstić information content (AvgIpc) is 2.88. The molecule has 102 valence electrons. The fourth-order valence-corrected chi connectivity index (χ4v) is 3.03. The third-order valence-corrected chi connectivity index (χ3v) is 5.44. The number of benzene rings is 1. The Bertz CT molecular complexity index is 556. The van der Waals surface area contributed by atoms with E-state index in [4.69, 9.17) is 11.6 Å². The molecule has 19 heavy (non-hydrogen) atoms. The van der Waals surface area contributed by atoms with Gasteiger partial charge < -0.3 is 5.32 Å². The van der Waals surface area contributed by atoms with E-state index in [-0.39, 0.29) is 6.04 Å². The number of nitrogens with one attached hydrogen (secondary N) is 1. The van der Waals surface area contributed by atoms with Crippen molar-refractivity contribution in [1.29, 1.82) is 0 Å². The first kappa shape index (κ1) is 15.0. The Morgan fingerprint density at radius 1 is 1.47 bits per heavy atom. The monoisotopic (exact) mass is 358 g/mol. The number of thiazole rings is 1. The molecule has 1 aromatic heterocycles. The molecule has 0 fully saturated rings. The minimum absolute atomic E-state index is 0.257. The fourth-order valence-electron chi connectivity index (χ4n) is 1.69. The highest BCUT2D eigenvalue weighted by atomic mass is 79.9. The van der Waals surface area contributed by atoms with Gasteiger partial charge in [-0.3, -0.25) is 0 Å². The zero-order chi connectivity index (χ0) is 13.8. The molecule has 1 N–H and O–H groups in total. The lowest BCUT2D eigenvalue weighted by Gasteiger charge is -2.11. The topological polar surface area (TPSA) is 24.9 Å². The molecule has 2 nitrogen and oxygen atoms in total. The molecule has 2 aromatic rings. The number of aromatic nitrogens is 1. The van der Waals surface area contributed by atoms with Crippen LogP contribution in [0.5, 0.6) is 0 Å². The van der Waals surface area contributed by atoms with Gasteiger partial charge in [0.25, 0.3) is 0 Å². The molecule has 0 radical (unpaired) electrons. The van der Waals surface area contributed by atoms with Crippen molar-refractivity contribution in [1.82, 2.24) is 10.3 Å². The van der Waals surface area contributed by atoms with Crippen LogP contribution in [-0.2, 0) is 13.0 Å². The van der Waals surface area contributed by atoms with Crippen LogP contribution in [0.3, 0.4) is 0 Å². The molecule has 1 aromatic carbocycles. The van der Waals surface area contributed by atoms with Gasteiger partial charge in [-0.05, 0) is 47.0 Å². The molecule has 0 saturated heterocycles. The normalized spacial score (nSPS) is 12.6. The second kappa shape index (κ2) is 6.84. The Hall–Kier alpha value is -0.420. The number of hydrogen-bond acceptors (Lipinski definition) is 3. The summed E-state index contributed by atoms with van der Waals surface area (Å²) in [6.45, 7) is 5.08. The summed E-state index contributed by atoms with van der Waals surface area (Å²) in [6.07, 6.45) is 3.02. The molecule has 0 saturated carbocycles. The highest BCUT2D eigenvalue weighted by Gasteiger charge is 2.09. The quantitative estimate of drug-likeness (QED) is 0.815. The molecule has 1 heterocycles. The molecular formula is C14H16BrClN2S. The molecule has 5 heteroatoms.